The number of likely N-dealkylation sites (tertiary alicyclic amines) is 1. The van der Waals surface area contributed by atoms with E-state index in [4.69, 9.17) is 0 Å². The zero-order valence-corrected chi connectivity index (χ0v) is 10.8. The van der Waals surface area contributed by atoms with Crippen molar-refractivity contribution in [1.29, 1.82) is 0 Å². The van der Waals surface area contributed by atoms with Crippen LogP contribution >= 0.6 is 0 Å². The highest BCUT2D eigenvalue weighted by Gasteiger charge is 2.21. The molecule has 0 aromatic carbocycles. The maximum absolute atomic E-state index is 3.26. The van der Waals surface area contributed by atoms with Crippen molar-refractivity contribution in [2.75, 3.05) is 26.7 Å². The van der Waals surface area contributed by atoms with Crippen molar-refractivity contribution in [2.45, 2.75) is 52.0 Å². The van der Waals surface area contributed by atoms with E-state index in [1.165, 1.54) is 51.7 Å². The summed E-state index contributed by atoms with van der Waals surface area (Å²) in [6, 6.07) is 0.806. The molecule has 1 unspecified atom stereocenters. The van der Waals surface area contributed by atoms with Gasteiger partial charge in [-0.25, -0.2) is 0 Å². The molecule has 0 aliphatic carbocycles. The molecule has 1 saturated heterocycles. The third-order valence-electron chi connectivity index (χ3n) is 3.78. The van der Waals surface area contributed by atoms with E-state index in [0.29, 0.717) is 0 Å². The maximum Gasteiger partial charge on any atom is 0.00668 e. The second-order valence-electron chi connectivity index (χ2n) is 5.01. The topological polar surface area (TPSA) is 15.3 Å². The summed E-state index contributed by atoms with van der Waals surface area (Å²) in [6.07, 6.45) is 6.87. The summed E-state index contributed by atoms with van der Waals surface area (Å²) in [5.41, 5.74) is 0. The molecule has 1 N–H and O–H groups in total. The summed E-state index contributed by atoms with van der Waals surface area (Å²) in [4.78, 5) is 2.68. The van der Waals surface area contributed by atoms with E-state index in [9.17, 15) is 0 Å². The van der Waals surface area contributed by atoms with Crippen LogP contribution in [0.15, 0.2) is 0 Å². The molecule has 1 heterocycles. The lowest BCUT2D eigenvalue weighted by Crippen LogP contribution is -2.40. The Labute approximate surface area is 95.4 Å². The Hall–Kier alpha value is -0.0800. The molecule has 2 nitrogen and oxygen atoms in total. The van der Waals surface area contributed by atoms with Crippen LogP contribution in [0.4, 0.5) is 0 Å². The Morgan fingerprint density at radius 3 is 2.53 bits per heavy atom. The van der Waals surface area contributed by atoms with Gasteiger partial charge in [-0.15, -0.1) is 0 Å². The first-order chi connectivity index (χ1) is 7.27. The van der Waals surface area contributed by atoms with Crippen LogP contribution < -0.4 is 5.32 Å². The number of hydrogen-bond donors (Lipinski definition) is 1. The zero-order valence-electron chi connectivity index (χ0n) is 10.8. The lowest BCUT2D eigenvalue weighted by Gasteiger charge is -2.36. The fourth-order valence-corrected chi connectivity index (χ4v) is 2.63. The number of hydrogen-bond acceptors (Lipinski definition) is 2. The summed E-state index contributed by atoms with van der Waals surface area (Å²) in [5, 5.41) is 3.26. The molecule has 0 amide bonds. The molecule has 2 heteroatoms. The molecule has 1 rings (SSSR count). The minimum atomic E-state index is 0.806. The smallest absolute Gasteiger partial charge is 0.00668 e. The quantitative estimate of drug-likeness (QED) is 0.728. The van der Waals surface area contributed by atoms with Crippen molar-refractivity contribution in [3.8, 4) is 0 Å². The van der Waals surface area contributed by atoms with Gasteiger partial charge in [-0.05, 0) is 65.2 Å². The van der Waals surface area contributed by atoms with Crippen LogP contribution in [0.5, 0.6) is 0 Å². The van der Waals surface area contributed by atoms with Crippen LogP contribution in [-0.2, 0) is 0 Å². The summed E-state index contributed by atoms with van der Waals surface area (Å²) in [5.74, 6) is 0.975. The Morgan fingerprint density at radius 1 is 1.33 bits per heavy atom. The van der Waals surface area contributed by atoms with Crippen LogP contribution in [0.25, 0.3) is 0 Å². The molecule has 0 spiro atoms. The van der Waals surface area contributed by atoms with E-state index in [1.54, 1.807) is 0 Å². The predicted octanol–water partition coefficient (Wildman–Crippen LogP) is 2.50. The highest BCUT2D eigenvalue weighted by Crippen LogP contribution is 2.22. The van der Waals surface area contributed by atoms with Gasteiger partial charge in [0.2, 0.25) is 0 Å². The average molecular weight is 212 g/mol. The Balaban J connectivity index is 2.17. The zero-order chi connectivity index (χ0) is 11.1. The lowest BCUT2D eigenvalue weighted by molar-refractivity contribution is 0.131. The fraction of sp³-hybridized carbons (Fsp3) is 1.00. The van der Waals surface area contributed by atoms with Crippen molar-refractivity contribution < 1.29 is 0 Å². The van der Waals surface area contributed by atoms with Crippen molar-refractivity contribution in [3.63, 3.8) is 0 Å². The largest absolute Gasteiger partial charge is 0.320 e. The van der Waals surface area contributed by atoms with Gasteiger partial charge in [0.1, 0.15) is 0 Å². The summed E-state index contributed by atoms with van der Waals surface area (Å²) in [6.45, 7) is 8.52. The number of piperidine rings is 1. The summed E-state index contributed by atoms with van der Waals surface area (Å²) in [7, 11) is 2.05. The molecule has 1 aliphatic heterocycles. The third-order valence-corrected chi connectivity index (χ3v) is 3.78. The van der Waals surface area contributed by atoms with Crippen molar-refractivity contribution in [1.82, 2.24) is 10.2 Å². The Bertz CT molecular complexity index is 151. The van der Waals surface area contributed by atoms with Gasteiger partial charge in [-0.2, -0.15) is 0 Å². The molecule has 1 aliphatic rings. The van der Waals surface area contributed by atoms with Crippen molar-refractivity contribution in [2.24, 2.45) is 5.92 Å². The first-order valence-electron chi connectivity index (χ1n) is 6.66. The standard InChI is InChI=1S/C13H28N2/c1-4-5-12(2)15-10-7-13(8-11-15)6-9-14-3/h12-14H,4-11H2,1-3H3. The second-order valence-corrected chi connectivity index (χ2v) is 5.01. The van der Waals surface area contributed by atoms with Crippen molar-refractivity contribution in [3.05, 3.63) is 0 Å². The molecule has 1 fully saturated rings. The van der Waals surface area contributed by atoms with Gasteiger partial charge in [-0.1, -0.05) is 13.3 Å². The lowest BCUT2D eigenvalue weighted by atomic mass is 9.92. The monoisotopic (exact) mass is 212 g/mol. The van der Waals surface area contributed by atoms with Crippen LogP contribution in [0.1, 0.15) is 46.0 Å². The van der Waals surface area contributed by atoms with E-state index in [0.717, 1.165) is 12.0 Å². The first kappa shape index (κ1) is 13.0. The fourth-order valence-electron chi connectivity index (χ4n) is 2.63. The Morgan fingerprint density at radius 2 is 2.00 bits per heavy atom. The van der Waals surface area contributed by atoms with Gasteiger partial charge >= 0.3 is 0 Å². The van der Waals surface area contributed by atoms with E-state index >= 15 is 0 Å². The molecule has 0 aromatic heterocycles. The average Bonchev–Trinajstić information content (AvgIpc) is 2.27. The minimum absolute atomic E-state index is 0.806. The normalized spacial score (nSPS) is 21.8. The molecular formula is C13H28N2. The minimum Gasteiger partial charge on any atom is -0.320 e. The van der Waals surface area contributed by atoms with Crippen LogP contribution in [0, 0.1) is 5.92 Å². The van der Waals surface area contributed by atoms with Crippen LogP contribution in [-0.4, -0.2) is 37.6 Å². The van der Waals surface area contributed by atoms with Gasteiger partial charge in [0.15, 0.2) is 0 Å². The highest BCUT2D eigenvalue weighted by molar-refractivity contribution is 4.76. The molecule has 0 radical (unpaired) electrons. The van der Waals surface area contributed by atoms with E-state index in [1.807, 2.05) is 0 Å². The van der Waals surface area contributed by atoms with Gasteiger partial charge in [0, 0.05) is 6.04 Å². The van der Waals surface area contributed by atoms with Gasteiger partial charge in [0.25, 0.3) is 0 Å². The van der Waals surface area contributed by atoms with Gasteiger partial charge in [0.05, 0.1) is 0 Å². The van der Waals surface area contributed by atoms with Crippen LogP contribution in [0.2, 0.25) is 0 Å². The van der Waals surface area contributed by atoms with E-state index in [2.05, 4.69) is 31.1 Å². The summed E-state index contributed by atoms with van der Waals surface area (Å²) < 4.78 is 0. The van der Waals surface area contributed by atoms with Gasteiger partial charge in [-0.3, -0.25) is 0 Å². The third kappa shape index (κ3) is 4.52. The SMILES string of the molecule is CCCC(C)N1CCC(CCNC)CC1. The Kier molecular flexibility index (Phi) is 6.26. The molecule has 0 saturated carbocycles. The highest BCUT2D eigenvalue weighted by atomic mass is 15.2. The number of nitrogens with one attached hydrogen (secondary N) is 1. The molecule has 1 atom stereocenters. The van der Waals surface area contributed by atoms with E-state index < -0.39 is 0 Å². The van der Waals surface area contributed by atoms with Crippen LogP contribution in [0.3, 0.4) is 0 Å². The summed E-state index contributed by atoms with van der Waals surface area (Å²) >= 11 is 0. The first-order valence-corrected chi connectivity index (χ1v) is 6.66. The molecular weight excluding hydrogens is 184 g/mol. The molecule has 90 valence electrons. The predicted molar refractivity (Wildman–Crippen MR) is 67.2 cm³/mol. The second kappa shape index (κ2) is 7.24. The van der Waals surface area contributed by atoms with E-state index in [-0.39, 0.29) is 0 Å². The molecule has 0 aromatic rings. The maximum atomic E-state index is 3.26. The number of rotatable bonds is 6. The van der Waals surface area contributed by atoms with Gasteiger partial charge < -0.3 is 10.2 Å². The number of nitrogens with zero attached hydrogens (tertiary/aromatic N) is 1. The molecule has 0 bridgehead atoms. The molecule has 15 heavy (non-hydrogen) atoms. The van der Waals surface area contributed by atoms with Crippen molar-refractivity contribution >= 4 is 0 Å².